The molecule has 0 aliphatic carbocycles. The summed E-state index contributed by atoms with van der Waals surface area (Å²) in [5.74, 6) is -0.635. The van der Waals surface area contributed by atoms with Gasteiger partial charge in [0.15, 0.2) is 5.82 Å². The molecule has 1 aromatic carbocycles. The van der Waals surface area contributed by atoms with Gasteiger partial charge in [-0.25, -0.2) is 14.2 Å². The third-order valence-corrected chi connectivity index (χ3v) is 3.90. The molecule has 0 aliphatic heterocycles. The Morgan fingerprint density at radius 2 is 2.07 bits per heavy atom. The van der Waals surface area contributed by atoms with E-state index in [-0.39, 0.29) is 29.5 Å². The van der Waals surface area contributed by atoms with Gasteiger partial charge in [0.25, 0.3) is 0 Å². The van der Waals surface area contributed by atoms with Crippen LogP contribution < -0.4 is 15.5 Å². The third kappa shape index (κ3) is 5.73. The number of hydrogen-bond donors (Lipinski definition) is 3. The maximum Gasteiger partial charge on any atom is 0.321 e. The van der Waals surface area contributed by atoms with Gasteiger partial charge in [0, 0.05) is 19.3 Å². The molecular weight excluding hydrogens is 380 g/mol. The van der Waals surface area contributed by atoms with Gasteiger partial charge < -0.3 is 15.7 Å². The minimum Gasteiger partial charge on any atom is -0.390 e. The van der Waals surface area contributed by atoms with E-state index in [1.807, 2.05) is 0 Å². The fourth-order valence-electron chi connectivity index (χ4n) is 2.22. The molecule has 3 N–H and O–H groups in total. The Hall–Kier alpha value is -2.52. The summed E-state index contributed by atoms with van der Waals surface area (Å²) in [5, 5.41) is 15.2. The molecule has 0 aliphatic rings. The van der Waals surface area contributed by atoms with Crippen LogP contribution in [0.25, 0.3) is 0 Å². The summed E-state index contributed by atoms with van der Waals surface area (Å²) in [5.41, 5.74) is -0.720. The molecule has 0 saturated heterocycles. The van der Waals surface area contributed by atoms with Crippen LogP contribution in [0, 0.1) is 11.9 Å². The van der Waals surface area contributed by atoms with Crippen molar-refractivity contribution in [2.24, 2.45) is 0 Å². The number of carbonyl (C=O) groups excluding carboxylic acids is 1. The van der Waals surface area contributed by atoms with E-state index < -0.39 is 23.5 Å². The fourth-order valence-corrected chi connectivity index (χ4v) is 2.36. The Bertz CT molecular complexity index is 829. The third-order valence-electron chi connectivity index (χ3n) is 3.62. The maximum atomic E-state index is 14.4. The Balaban J connectivity index is 2.35. The number of benzene rings is 1. The van der Waals surface area contributed by atoms with E-state index in [0.717, 1.165) is 12.3 Å². The Morgan fingerprint density at radius 1 is 1.37 bits per heavy atom. The van der Waals surface area contributed by atoms with Crippen LogP contribution in [0.1, 0.15) is 20.3 Å². The molecule has 0 radical (unpaired) electrons. The number of anilines is 3. The summed E-state index contributed by atoms with van der Waals surface area (Å²) in [7, 11) is 1.42. The highest BCUT2D eigenvalue weighted by molar-refractivity contribution is 6.32. The van der Waals surface area contributed by atoms with Crippen molar-refractivity contribution in [1.82, 2.24) is 15.3 Å². The van der Waals surface area contributed by atoms with E-state index in [9.17, 15) is 18.7 Å². The van der Waals surface area contributed by atoms with E-state index in [1.165, 1.54) is 24.1 Å². The minimum atomic E-state index is -1.04. The van der Waals surface area contributed by atoms with E-state index >= 15 is 0 Å². The van der Waals surface area contributed by atoms with E-state index in [1.54, 1.807) is 13.8 Å². The SMILES string of the molecule is CNC(=O)N(CCC(C)(C)O)c1cc(Nc2nc(F)ncc2Cl)ccc1F. The van der Waals surface area contributed by atoms with Crippen LogP contribution in [-0.4, -0.2) is 40.3 Å². The molecule has 2 aromatic rings. The average Bonchev–Trinajstić information content (AvgIpc) is 2.59. The predicted octanol–water partition coefficient (Wildman–Crippen LogP) is 3.46. The van der Waals surface area contributed by atoms with Crippen molar-refractivity contribution in [3.8, 4) is 0 Å². The smallest absolute Gasteiger partial charge is 0.321 e. The summed E-state index contributed by atoms with van der Waals surface area (Å²) in [6, 6.07) is 3.38. The number of aliphatic hydroxyl groups is 1. The summed E-state index contributed by atoms with van der Waals surface area (Å²) in [4.78, 5) is 20.2. The van der Waals surface area contributed by atoms with Gasteiger partial charge in [0.05, 0.1) is 17.5 Å². The summed E-state index contributed by atoms with van der Waals surface area (Å²) >= 11 is 5.92. The monoisotopic (exact) mass is 399 g/mol. The van der Waals surface area contributed by atoms with E-state index in [2.05, 4.69) is 20.6 Å². The second kappa shape index (κ2) is 8.45. The Kier molecular flexibility index (Phi) is 6.50. The number of rotatable bonds is 6. The fraction of sp³-hybridized carbons (Fsp3) is 0.353. The predicted molar refractivity (Wildman–Crippen MR) is 99.4 cm³/mol. The van der Waals surface area contributed by atoms with Gasteiger partial charge in [-0.15, -0.1) is 0 Å². The molecule has 2 rings (SSSR count). The van der Waals surface area contributed by atoms with Crippen LogP contribution in [0.5, 0.6) is 0 Å². The first-order chi connectivity index (χ1) is 12.6. The molecule has 2 amide bonds. The highest BCUT2D eigenvalue weighted by atomic mass is 35.5. The van der Waals surface area contributed by atoms with Crippen molar-refractivity contribution in [1.29, 1.82) is 0 Å². The Morgan fingerprint density at radius 3 is 2.70 bits per heavy atom. The van der Waals surface area contributed by atoms with Gasteiger partial charge in [0.2, 0.25) is 0 Å². The zero-order valence-corrected chi connectivity index (χ0v) is 15.8. The lowest BCUT2D eigenvalue weighted by Gasteiger charge is -2.26. The molecule has 0 unspecified atom stereocenters. The van der Waals surface area contributed by atoms with Crippen LogP contribution in [-0.2, 0) is 0 Å². The van der Waals surface area contributed by atoms with Crippen molar-refractivity contribution in [3.63, 3.8) is 0 Å². The number of hydrogen-bond acceptors (Lipinski definition) is 5. The minimum absolute atomic E-state index is 0.00436. The van der Waals surface area contributed by atoms with Gasteiger partial charge in [-0.05, 0) is 38.5 Å². The molecular formula is C17H20ClF2N5O2. The first kappa shape index (κ1) is 20.8. The molecule has 0 saturated carbocycles. The molecule has 10 heteroatoms. The number of nitrogens with one attached hydrogen (secondary N) is 2. The van der Waals surface area contributed by atoms with Gasteiger partial charge in [-0.2, -0.15) is 9.37 Å². The summed E-state index contributed by atoms with van der Waals surface area (Å²) < 4.78 is 27.6. The first-order valence-corrected chi connectivity index (χ1v) is 8.45. The normalized spacial score (nSPS) is 11.2. The first-order valence-electron chi connectivity index (χ1n) is 8.07. The lowest BCUT2D eigenvalue weighted by molar-refractivity contribution is 0.0735. The molecule has 0 bridgehead atoms. The van der Waals surface area contributed by atoms with Crippen LogP contribution >= 0.6 is 11.6 Å². The van der Waals surface area contributed by atoms with Gasteiger partial charge in [-0.3, -0.25) is 4.90 Å². The molecule has 1 aromatic heterocycles. The largest absolute Gasteiger partial charge is 0.390 e. The standard InChI is InChI=1S/C17H20ClF2N5O2/c1-17(2,27)6-7-25(16(26)21-3)13-8-10(4-5-12(13)19)23-14-11(18)9-22-15(20)24-14/h4-5,8-9,27H,6-7H2,1-3H3,(H,21,26)(H,22,23,24). The molecule has 0 fully saturated rings. The Labute approximate surface area is 160 Å². The second-order valence-electron chi connectivity index (χ2n) is 6.40. The zero-order chi connectivity index (χ0) is 20.2. The number of aromatic nitrogens is 2. The van der Waals surface area contributed by atoms with Crippen LogP contribution in [0.2, 0.25) is 5.02 Å². The number of urea groups is 1. The number of halogens is 3. The van der Waals surface area contributed by atoms with Gasteiger partial charge in [-0.1, -0.05) is 11.6 Å². The lowest BCUT2D eigenvalue weighted by Crippen LogP contribution is -2.41. The molecule has 7 nitrogen and oxygen atoms in total. The highest BCUT2D eigenvalue weighted by Crippen LogP contribution is 2.28. The molecule has 146 valence electrons. The topological polar surface area (TPSA) is 90.4 Å². The van der Waals surface area contributed by atoms with Crippen molar-refractivity contribution in [2.75, 3.05) is 23.8 Å². The summed E-state index contributed by atoms with van der Waals surface area (Å²) in [6.07, 6.45) is 0.346. The van der Waals surface area contributed by atoms with E-state index in [0.29, 0.717) is 5.69 Å². The quantitative estimate of drug-likeness (QED) is 0.647. The van der Waals surface area contributed by atoms with E-state index in [4.69, 9.17) is 11.6 Å². The lowest BCUT2D eigenvalue weighted by atomic mass is 10.1. The van der Waals surface area contributed by atoms with Gasteiger partial charge in [0.1, 0.15) is 10.8 Å². The van der Waals surface area contributed by atoms with Crippen molar-refractivity contribution in [2.45, 2.75) is 25.9 Å². The maximum absolute atomic E-state index is 14.4. The number of amides is 2. The second-order valence-corrected chi connectivity index (χ2v) is 6.80. The van der Waals surface area contributed by atoms with Gasteiger partial charge >= 0.3 is 12.1 Å². The van der Waals surface area contributed by atoms with Crippen LogP contribution in [0.3, 0.4) is 0 Å². The summed E-state index contributed by atoms with van der Waals surface area (Å²) in [6.45, 7) is 3.26. The molecule has 0 atom stereocenters. The van der Waals surface area contributed by atoms with Crippen molar-refractivity contribution < 1.29 is 18.7 Å². The molecule has 1 heterocycles. The molecule has 27 heavy (non-hydrogen) atoms. The molecule has 0 spiro atoms. The van der Waals surface area contributed by atoms with Crippen LogP contribution in [0.4, 0.5) is 30.8 Å². The number of nitrogens with zero attached hydrogens (tertiary/aromatic N) is 3. The van der Waals surface area contributed by atoms with Crippen molar-refractivity contribution >= 4 is 34.8 Å². The average molecular weight is 400 g/mol. The van der Waals surface area contributed by atoms with Crippen molar-refractivity contribution in [3.05, 3.63) is 41.3 Å². The zero-order valence-electron chi connectivity index (χ0n) is 15.1. The number of carbonyl (C=O) groups is 1. The highest BCUT2D eigenvalue weighted by Gasteiger charge is 2.22. The van der Waals surface area contributed by atoms with Crippen LogP contribution in [0.15, 0.2) is 24.4 Å².